The highest BCUT2D eigenvalue weighted by Gasteiger charge is 2.29. The van der Waals surface area contributed by atoms with Crippen molar-refractivity contribution in [3.8, 4) is 23.5 Å². The van der Waals surface area contributed by atoms with Crippen LogP contribution in [-0.4, -0.2) is 37.1 Å². The zero-order valence-electron chi connectivity index (χ0n) is 17.5. The lowest BCUT2D eigenvalue weighted by Crippen LogP contribution is -2.33. The lowest BCUT2D eigenvalue weighted by Gasteiger charge is -2.29. The first-order valence-electron chi connectivity index (χ1n) is 10.7. The van der Waals surface area contributed by atoms with Gasteiger partial charge in [0.05, 0.1) is 13.2 Å². The predicted molar refractivity (Wildman–Crippen MR) is 119 cm³/mol. The van der Waals surface area contributed by atoms with E-state index in [9.17, 15) is 4.79 Å². The molecule has 0 saturated carbocycles. The molecule has 160 valence electrons. The van der Waals surface area contributed by atoms with Crippen LogP contribution < -0.4 is 5.32 Å². The van der Waals surface area contributed by atoms with Crippen LogP contribution in [0, 0.1) is 12.3 Å². The van der Waals surface area contributed by atoms with Gasteiger partial charge in [-0.05, 0) is 53.2 Å². The maximum absolute atomic E-state index is 12.5. The van der Waals surface area contributed by atoms with Crippen LogP contribution in [0.5, 0.6) is 0 Å². The number of allylic oxidation sites excluding steroid dienone is 1. The lowest BCUT2D eigenvalue weighted by atomic mass is 9.90. The minimum absolute atomic E-state index is 0.00260. The number of aliphatic hydroxyl groups excluding tert-OH is 1. The molecule has 5 nitrogen and oxygen atoms in total. The van der Waals surface area contributed by atoms with E-state index in [0.29, 0.717) is 19.4 Å². The van der Waals surface area contributed by atoms with Crippen molar-refractivity contribution >= 4 is 5.91 Å². The van der Waals surface area contributed by atoms with E-state index < -0.39 is 6.29 Å². The van der Waals surface area contributed by atoms with Gasteiger partial charge in [-0.25, -0.2) is 0 Å². The molecule has 0 spiro atoms. The van der Waals surface area contributed by atoms with Crippen molar-refractivity contribution in [1.82, 2.24) is 5.32 Å². The Morgan fingerprint density at radius 1 is 1.19 bits per heavy atom. The molecule has 0 unspecified atom stereocenters. The first kappa shape index (κ1) is 21.2. The summed E-state index contributed by atoms with van der Waals surface area (Å²) < 4.78 is 11.7. The number of rotatable bonds is 8. The molecule has 1 aliphatic heterocycles. The van der Waals surface area contributed by atoms with E-state index in [-0.39, 0.29) is 30.7 Å². The zero-order valence-corrected chi connectivity index (χ0v) is 17.5. The summed E-state index contributed by atoms with van der Waals surface area (Å²) in [5.74, 6) is 2.31. The minimum Gasteiger partial charge on any atom is -0.459 e. The van der Waals surface area contributed by atoms with Gasteiger partial charge < -0.3 is 19.9 Å². The summed E-state index contributed by atoms with van der Waals surface area (Å²) in [7, 11) is 0. The van der Waals surface area contributed by atoms with Gasteiger partial charge >= 0.3 is 0 Å². The van der Waals surface area contributed by atoms with E-state index in [4.69, 9.17) is 21.0 Å². The van der Waals surface area contributed by atoms with Crippen LogP contribution in [0.25, 0.3) is 11.1 Å². The van der Waals surface area contributed by atoms with Gasteiger partial charge in [-0.1, -0.05) is 48.4 Å². The molecule has 1 amide bonds. The molecule has 5 heteroatoms. The Kier molecular flexibility index (Phi) is 6.71. The largest absolute Gasteiger partial charge is 0.459 e. The van der Waals surface area contributed by atoms with Crippen molar-refractivity contribution in [3.63, 3.8) is 0 Å². The molecule has 2 aromatic rings. The van der Waals surface area contributed by atoms with Crippen molar-refractivity contribution in [2.75, 3.05) is 19.8 Å². The predicted octanol–water partition coefficient (Wildman–Crippen LogP) is 3.51. The number of unbranched alkanes of at least 4 members (excludes halogenated alkanes) is 1. The Hall–Kier alpha value is -3.07. The molecule has 0 aromatic heterocycles. The van der Waals surface area contributed by atoms with Gasteiger partial charge in [-0.15, -0.1) is 6.42 Å². The van der Waals surface area contributed by atoms with E-state index in [0.717, 1.165) is 18.4 Å². The molecule has 1 aliphatic carbocycles. The molecule has 1 heterocycles. The normalized spacial score (nSPS) is 18.9. The second kappa shape index (κ2) is 9.82. The first-order chi connectivity index (χ1) is 15.2. The lowest BCUT2D eigenvalue weighted by molar-refractivity contribution is -0.146. The highest BCUT2D eigenvalue weighted by atomic mass is 16.7. The molecule has 2 N–H and O–H groups in total. The van der Waals surface area contributed by atoms with E-state index in [2.05, 4.69) is 53.7 Å². The van der Waals surface area contributed by atoms with Crippen LogP contribution in [0.3, 0.4) is 0 Å². The van der Waals surface area contributed by atoms with Gasteiger partial charge in [0.1, 0.15) is 0 Å². The summed E-state index contributed by atoms with van der Waals surface area (Å²) in [5, 5.41) is 11.6. The fraction of sp³-hybridized carbons (Fsp3) is 0.346. The molecule has 4 rings (SSSR count). The highest BCUT2D eigenvalue weighted by Crippen LogP contribution is 2.39. The summed E-state index contributed by atoms with van der Waals surface area (Å²) in [5.41, 5.74) is 6.36. The van der Waals surface area contributed by atoms with Crippen LogP contribution in [-0.2, 0) is 20.7 Å². The standard InChI is InChI=1S/C26H27NO4/c1-2-11-27-26(29)24-16-20(17-25(31-24)30-13-6-5-12-28)18-9-10-23-21(14-18)15-19-7-3-4-8-22(19)23/h1,3-4,7-10,14,16,20,25,28H,5-6,11-13,15,17H2,(H,27,29)/t20-,25+/m0/s1. The third-order valence-corrected chi connectivity index (χ3v) is 5.73. The molecule has 2 aromatic carbocycles. The monoisotopic (exact) mass is 417 g/mol. The Morgan fingerprint density at radius 2 is 2.03 bits per heavy atom. The first-order valence-corrected chi connectivity index (χ1v) is 10.7. The maximum atomic E-state index is 12.5. The molecular formula is C26H27NO4. The second-order valence-corrected chi connectivity index (χ2v) is 7.86. The van der Waals surface area contributed by atoms with Gasteiger partial charge in [-0.2, -0.15) is 0 Å². The number of nitrogens with one attached hydrogen (secondary N) is 1. The quantitative estimate of drug-likeness (QED) is 0.435. The zero-order chi connectivity index (χ0) is 21.6. The van der Waals surface area contributed by atoms with Gasteiger partial charge in [0.2, 0.25) is 6.29 Å². The maximum Gasteiger partial charge on any atom is 0.286 e. The van der Waals surface area contributed by atoms with Crippen LogP contribution in [0.15, 0.2) is 54.3 Å². The van der Waals surface area contributed by atoms with Crippen molar-refractivity contribution in [3.05, 3.63) is 71.0 Å². The SMILES string of the molecule is C#CCNC(=O)C1=C[C@H](c2ccc3c(c2)Cc2ccccc2-3)C[C@H](OCCCCO)O1. The number of carbonyl (C=O) groups is 1. The van der Waals surface area contributed by atoms with Crippen molar-refractivity contribution < 1.29 is 19.4 Å². The fourth-order valence-electron chi connectivity index (χ4n) is 4.19. The molecule has 0 fully saturated rings. The number of fused-ring (bicyclic) bond motifs is 3. The average molecular weight is 418 g/mol. The van der Waals surface area contributed by atoms with Crippen LogP contribution in [0.2, 0.25) is 0 Å². The summed E-state index contributed by atoms with van der Waals surface area (Å²) in [6.07, 6.45) is 9.56. The Morgan fingerprint density at radius 3 is 2.87 bits per heavy atom. The van der Waals surface area contributed by atoms with E-state index in [1.165, 1.54) is 22.3 Å². The molecule has 2 aliphatic rings. The van der Waals surface area contributed by atoms with Gasteiger partial charge in [0.25, 0.3) is 5.91 Å². The summed E-state index contributed by atoms with van der Waals surface area (Å²) in [4.78, 5) is 12.5. The van der Waals surface area contributed by atoms with E-state index in [1.807, 2.05) is 6.08 Å². The van der Waals surface area contributed by atoms with Crippen LogP contribution >= 0.6 is 0 Å². The smallest absolute Gasteiger partial charge is 0.286 e. The fourth-order valence-corrected chi connectivity index (χ4v) is 4.19. The molecule has 31 heavy (non-hydrogen) atoms. The number of hydrogen-bond acceptors (Lipinski definition) is 4. The Balaban J connectivity index is 1.55. The Labute approximate surface area is 183 Å². The van der Waals surface area contributed by atoms with Crippen LogP contribution in [0.1, 0.15) is 41.9 Å². The second-order valence-electron chi connectivity index (χ2n) is 7.86. The van der Waals surface area contributed by atoms with Crippen molar-refractivity contribution in [2.45, 2.75) is 37.9 Å². The molecular weight excluding hydrogens is 390 g/mol. The van der Waals surface area contributed by atoms with Gasteiger partial charge in [0.15, 0.2) is 5.76 Å². The topological polar surface area (TPSA) is 67.8 Å². The van der Waals surface area contributed by atoms with Gasteiger partial charge in [-0.3, -0.25) is 4.79 Å². The third kappa shape index (κ3) is 4.82. The van der Waals surface area contributed by atoms with E-state index in [1.54, 1.807) is 0 Å². The minimum atomic E-state index is -0.522. The van der Waals surface area contributed by atoms with Gasteiger partial charge in [0, 0.05) is 18.9 Å². The average Bonchev–Trinajstić information content (AvgIpc) is 3.18. The number of ether oxygens (including phenoxy) is 2. The summed E-state index contributed by atoms with van der Waals surface area (Å²) in [6.45, 7) is 0.745. The highest BCUT2D eigenvalue weighted by molar-refractivity contribution is 5.92. The molecule has 0 radical (unpaired) electrons. The third-order valence-electron chi connectivity index (χ3n) is 5.73. The van der Waals surface area contributed by atoms with E-state index >= 15 is 0 Å². The number of terminal acetylenes is 1. The summed E-state index contributed by atoms with van der Waals surface area (Å²) in [6, 6.07) is 15.0. The van der Waals surface area contributed by atoms with Crippen molar-refractivity contribution in [1.29, 1.82) is 0 Å². The van der Waals surface area contributed by atoms with Crippen molar-refractivity contribution in [2.24, 2.45) is 0 Å². The molecule has 2 atom stereocenters. The number of benzene rings is 2. The Bertz CT molecular complexity index is 1020. The molecule has 0 saturated heterocycles. The molecule has 0 bridgehead atoms. The number of amides is 1. The number of aliphatic hydroxyl groups is 1. The number of hydrogen-bond donors (Lipinski definition) is 2. The van der Waals surface area contributed by atoms with Crippen LogP contribution in [0.4, 0.5) is 0 Å². The summed E-state index contributed by atoms with van der Waals surface area (Å²) >= 11 is 0. The number of carbonyl (C=O) groups excluding carboxylic acids is 1.